The fourth-order valence-corrected chi connectivity index (χ4v) is 4.27. The highest BCUT2D eigenvalue weighted by atomic mass is 16.5. The van der Waals surface area contributed by atoms with Crippen molar-refractivity contribution in [3.63, 3.8) is 0 Å². The van der Waals surface area contributed by atoms with Crippen LogP contribution in [0.5, 0.6) is 0 Å². The van der Waals surface area contributed by atoms with Crippen LogP contribution in [0.15, 0.2) is 83.7 Å². The van der Waals surface area contributed by atoms with Gasteiger partial charge in [-0.15, -0.1) is 0 Å². The molecule has 0 saturated carbocycles. The first-order chi connectivity index (χ1) is 16.3. The molecule has 1 aliphatic carbocycles. The van der Waals surface area contributed by atoms with Crippen molar-refractivity contribution in [3.05, 3.63) is 106 Å². The Kier molecular flexibility index (Phi) is 5.13. The van der Waals surface area contributed by atoms with Gasteiger partial charge >= 0.3 is 5.97 Å². The molecule has 3 aromatic carbocycles. The van der Waals surface area contributed by atoms with E-state index in [1.165, 1.54) is 0 Å². The molecule has 6 nitrogen and oxygen atoms in total. The Bertz CT molecular complexity index is 1560. The van der Waals surface area contributed by atoms with E-state index in [4.69, 9.17) is 4.74 Å². The van der Waals surface area contributed by atoms with Crippen LogP contribution in [-0.4, -0.2) is 16.3 Å². The summed E-state index contributed by atoms with van der Waals surface area (Å²) in [6, 6.07) is 20.1. The zero-order chi connectivity index (χ0) is 24.0. The Morgan fingerprint density at radius 1 is 0.971 bits per heavy atom. The van der Waals surface area contributed by atoms with Crippen LogP contribution < -0.4 is 10.9 Å². The first kappa shape index (κ1) is 21.4. The molecule has 5 rings (SSSR count). The highest BCUT2D eigenvalue weighted by molar-refractivity contribution is 6.28. The van der Waals surface area contributed by atoms with Gasteiger partial charge in [0.1, 0.15) is 6.61 Å². The lowest BCUT2D eigenvalue weighted by atomic mass is 9.83. The fourth-order valence-electron chi connectivity index (χ4n) is 4.27. The standard InChI is InChI=1S/C28H22N2O4/c1-16(2)28(33)34-15-17-8-10-18(11-9-17)29-22-12-13-23-25-21(14-24(31)30(23)3)19-6-4-5-7-20(19)27(32)26(22)25/h4-14,29H,1,15H2,2-3H3. The highest BCUT2D eigenvalue weighted by Gasteiger charge is 2.28. The van der Waals surface area contributed by atoms with Crippen molar-refractivity contribution >= 4 is 34.0 Å². The van der Waals surface area contributed by atoms with Crippen molar-refractivity contribution < 1.29 is 14.3 Å². The molecule has 0 bridgehead atoms. The molecule has 0 aliphatic heterocycles. The van der Waals surface area contributed by atoms with Gasteiger partial charge in [0.25, 0.3) is 5.56 Å². The summed E-state index contributed by atoms with van der Waals surface area (Å²) in [5, 5.41) is 4.12. The van der Waals surface area contributed by atoms with Crippen LogP contribution >= 0.6 is 0 Å². The summed E-state index contributed by atoms with van der Waals surface area (Å²) in [5.41, 5.74) is 5.87. The number of anilines is 2. The summed E-state index contributed by atoms with van der Waals surface area (Å²) in [6.45, 7) is 5.33. The number of carbonyl (C=O) groups is 2. The molecule has 168 valence electrons. The van der Waals surface area contributed by atoms with E-state index in [0.29, 0.717) is 27.9 Å². The predicted octanol–water partition coefficient (Wildman–Crippen LogP) is 5.11. The first-order valence-electron chi connectivity index (χ1n) is 10.8. The quantitative estimate of drug-likeness (QED) is 0.297. The molecule has 0 fully saturated rings. The molecule has 0 amide bonds. The Balaban J connectivity index is 1.55. The van der Waals surface area contributed by atoms with Gasteiger partial charge in [-0.2, -0.15) is 0 Å². The third kappa shape index (κ3) is 3.49. The van der Waals surface area contributed by atoms with Crippen LogP contribution in [0.2, 0.25) is 0 Å². The van der Waals surface area contributed by atoms with Crippen LogP contribution in [0.4, 0.5) is 11.4 Å². The minimum Gasteiger partial charge on any atom is -0.457 e. The average molecular weight is 450 g/mol. The number of hydrogen-bond acceptors (Lipinski definition) is 5. The smallest absolute Gasteiger partial charge is 0.333 e. The average Bonchev–Trinajstić information content (AvgIpc) is 2.84. The number of ketones is 1. The van der Waals surface area contributed by atoms with E-state index in [1.54, 1.807) is 30.7 Å². The Morgan fingerprint density at radius 2 is 1.68 bits per heavy atom. The molecule has 0 unspecified atom stereocenters. The lowest BCUT2D eigenvalue weighted by Crippen LogP contribution is -2.21. The van der Waals surface area contributed by atoms with E-state index in [0.717, 1.165) is 27.8 Å². The molecule has 1 aliphatic rings. The summed E-state index contributed by atoms with van der Waals surface area (Å²) in [4.78, 5) is 37.8. The second-order valence-corrected chi connectivity index (χ2v) is 8.39. The molecule has 4 aromatic rings. The third-order valence-corrected chi connectivity index (χ3v) is 6.05. The van der Waals surface area contributed by atoms with E-state index in [2.05, 4.69) is 11.9 Å². The van der Waals surface area contributed by atoms with E-state index >= 15 is 0 Å². The Morgan fingerprint density at radius 3 is 2.38 bits per heavy atom. The van der Waals surface area contributed by atoms with Gasteiger partial charge in [-0.25, -0.2) is 4.79 Å². The van der Waals surface area contributed by atoms with Crippen LogP contribution in [0.1, 0.15) is 28.4 Å². The molecule has 0 atom stereocenters. The minimum atomic E-state index is -0.429. The van der Waals surface area contributed by atoms with Crippen LogP contribution in [0, 0.1) is 0 Å². The Hall–Kier alpha value is -4.45. The van der Waals surface area contributed by atoms with Crippen molar-refractivity contribution in [2.45, 2.75) is 13.5 Å². The molecular formula is C28H22N2O4. The lowest BCUT2D eigenvalue weighted by Gasteiger charge is -2.23. The normalized spacial score (nSPS) is 11.8. The number of ether oxygens (including phenoxy) is 1. The third-order valence-electron chi connectivity index (χ3n) is 6.05. The van der Waals surface area contributed by atoms with Gasteiger partial charge in [0.2, 0.25) is 0 Å². The van der Waals surface area contributed by atoms with Crippen LogP contribution in [-0.2, 0) is 23.2 Å². The molecule has 1 heterocycles. The van der Waals surface area contributed by atoms with E-state index in [-0.39, 0.29) is 17.9 Å². The predicted molar refractivity (Wildman–Crippen MR) is 132 cm³/mol. The lowest BCUT2D eigenvalue weighted by molar-refractivity contribution is -0.140. The number of nitrogens with zero attached hydrogens (tertiary/aromatic N) is 1. The van der Waals surface area contributed by atoms with E-state index < -0.39 is 5.97 Å². The zero-order valence-corrected chi connectivity index (χ0v) is 18.8. The maximum atomic E-state index is 13.6. The molecule has 0 radical (unpaired) electrons. The van der Waals surface area contributed by atoms with Gasteiger partial charge in [-0.3, -0.25) is 9.59 Å². The molecule has 0 saturated heterocycles. The number of aromatic nitrogens is 1. The second kappa shape index (κ2) is 8.15. The summed E-state index contributed by atoms with van der Waals surface area (Å²) in [6.07, 6.45) is 0. The number of hydrogen-bond donors (Lipinski definition) is 1. The number of nitrogens with one attached hydrogen (secondary N) is 1. The minimum absolute atomic E-state index is 0.0850. The van der Waals surface area contributed by atoms with Crippen LogP contribution in [0.25, 0.3) is 22.0 Å². The maximum Gasteiger partial charge on any atom is 0.333 e. The fraction of sp³-hybridized carbons (Fsp3) is 0.107. The molecular weight excluding hydrogens is 428 g/mol. The molecule has 6 heteroatoms. The van der Waals surface area contributed by atoms with Gasteiger partial charge < -0.3 is 14.6 Å². The van der Waals surface area contributed by atoms with Crippen molar-refractivity contribution in [2.75, 3.05) is 5.32 Å². The number of rotatable bonds is 5. The second-order valence-electron chi connectivity index (χ2n) is 8.39. The number of aryl methyl sites for hydroxylation is 1. The first-order valence-corrected chi connectivity index (χ1v) is 10.8. The van der Waals surface area contributed by atoms with Gasteiger partial charge in [0.05, 0.1) is 16.8 Å². The molecule has 34 heavy (non-hydrogen) atoms. The van der Waals surface area contributed by atoms with Gasteiger partial charge in [-0.1, -0.05) is 43.0 Å². The number of fused-ring (bicyclic) bond motifs is 2. The summed E-state index contributed by atoms with van der Waals surface area (Å²) in [5.74, 6) is -0.514. The summed E-state index contributed by atoms with van der Waals surface area (Å²) >= 11 is 0. The monoisotopic (exact) mass is 450 g/mol. The summed E-state index contributed by atoms with van der Waals surface area (Å²) < 4.78 is 6.75. The zero-order valence-electron chi connectivity index (χ0n) is 18.8. The highest BCUT2D eigenvalue weighted by Crippen LogP contribution is 2.41. The number of carbonyl (C=O) groups excluding carboxylic acids is 2. The molecule has 1 aromatic heterocycles. The SMILES string of the molecule is C=C(C)C(=O)OCc1ccc(Nc2ccc3c4c(cc(=O)n3C)-c3ccccc3C(=O)c24)cc1. The van der Waals surface area contributed by atoms with Crippen molar-refractivity contribution in [2.24, 2.45) is 7.05 Å². The van der Waals surface area contributed by atoms with Crippen molar-refractivity contribution in [3.8, 4) is 11.1 Å². The van der Waals surface area contributed by atoms with Crippen LogP contribution in [0.3, 0.4) is 0 Å². The molecule has 1 N–H and O–H groups in total. The summed E-state index contributed by atoms with van der Waals surface area (Å²) in [7, 11) is 1.71. The van der Waals surface area contributed by atoms with Crippen molar-refractivity contribution in [1.29, 1.82) is 0 Å². The van der Waals surface area contributed by atoms with E-state index in [1.807, 2.05) is 54.6 Å². The number of pyridine rings is 1. The van der Waals surface area contributed by atoms with Crippen molar-refractivity contribution in [1.82, 2.24) is 4.57 Å². The number of esters is 1. The van der Waals surface area contributed by atoms with Gasteiger partial charge in [-0.05, 0) is 47.9 Å². The topological polar surface area (TPSA) is 77.4 Å². The van der Waals surface area contributed by atoms with Gasteiger partial charge in [0, 0.05) is 35.3 Å². The largest absolute Gasteiger partial charge is 0.457 e. The Labute approximate surface area is 196 Å². The maximum absolute atomic E-state index is 13.6. The van der Waals surface area contributed by atoms with Gasteiger partial charge in [0.15, 0.2) is 5.78 Å². The number of benzene rings is 3. The molecule has 0 spiro atoms. The van der Waals surface area contributed by atoms with E-state index in [9.17, 15) is 14.4 Å².